The molecule has 0 aliphatic carbocycles. The number of aliphatic hydroxyl groups excluding tert-OH is 1. The van der Waals surface area contributed by atoms with Crippen LogP contribution in [0.5, 0.6) is 11.5 Å². The number of benzene rings is 1. The van der Waals surface area contributed by atoms with Gasteiger partial charge in [0.1, 0.15) is 30.7 Å². The molecule has 2 aliphatic rings. The number of quaternary nitrogens is 1. The average molecular weight is 397 g/mol. The van der Waals surface area contributed by atoms with E-state index >= 15 is 0 Å². The fraction of sp³-hybridized carbons (Fsp3) is 0.632. The molecule has 7 nitrogen and oxygen atoms in total. The van der Waals surface area contributed by atoms with Crippen molar-refractivity contribution in [3.8, 4) is 11.5 Å². The molecule has 1 aromatic carbocycles. The Morgan fingerprint density at radius 1 is 1.30 bits per heavy atom. The fourth-order valence-electron chi connectivity index (χ4n) is 3.79. The van der Waals surface area contributed by atoms with Crippen LogP contribution in [0.3, 0.4) is 0 Å². The minimum atomic E-state index is -0.670. The van der Waals surface area contributed by atoms with Crippen molar-refractivity contribution in [1.29, 1.82) is 0 Å². The SMILES string of the molecule is COc1ccc(OC)c2c1CN(C(=S)NCCC[NH+]1CCOCC1)C[C@@H]2O. The lowest BCUT2D eigenvalue weighted by Crippen LogP contribution is -3.14. The maximum atomic E-state index is 10.7. The number of methoxy groups -OCH3 is 2. The van der Waals surface area contributed by atoms with Crippen molar-refractivity contribution in [3.63, 3.8) is 0 Å². The van der Waals surface area contributed by atoms with Crippen LogP contribution in [-0.4, -0.2) is 75.3 Å². The van der Waals surface area contributed by atoms with Gasteiger partial charge in [0.15, 0.2) is 5.11 Å². The third kappa shape index (κ3) is 4.82. The second-order valence-corrected chi connectivity index (χ2v) is 7.34. The zero-order chi connectivity index (χ0) is 19.2. The van der Waals surface area contributed by atoms with E-state index < -0.39 is 6.10 Å². The molecule has 0 unspecified atom stereocenters. The van der Waals surface area contributed by atoms with Crippen molar-refractivity contribution in [2.75, 3.05) is 60.2 Å². The first-order valence-corrected chi connectivity index (χ1v) is 9.90. The summed E-state index contributed by atoms with van der Waals surface area (Å²) in [5.41, 5.74) is 1.73. The maximum absolute atomic E-state index is 10.7. The first-order valence-electron chi connectivity index (χ1n) is 9.50. The monoisotopic (exact) mass is 396 g/mol. The molecule has 27 heavy (non-hydrogen) atoms. The highest BCUT2D eigenvalue weighted by atomic mass is 32.1. The van der Waals surface area contributed by atoms with Crippen molar-refractivity contribution in [2.45, 2.75) is 19.1 Å². The quantitative estimate of drug-likeness (QED) is 0.452. The number of aliphatic hydroxyl groups is 1. The van der Waals surface area contributed by atoms with E-state index in [0.29, 0.717) is 24.0 Å². The van der Waals surface area contributed by atoms with Crippen LogP contribution in [0.1, 0.15) is 23.7 Å². The molecule has 1 atom stereocenters. The summed E-state index contributed by atoms with van der Waals surface area (Å²) in [4.78, 5) is 3.58. The number of β-amino-alcohol motifs (C(OH)–C–C–N with tert-alkyl or cyclic N) is 1. The van der Waals surface area contributed by atoms with E-state index in [1.165, 1.54) is 0 Å². The molecule has 0 aromatic heterocycles. The summed E-state index contributed by atoms with van der Waals surface area (Å²) in [5.74, 6) is 1.43. The second kappa shape index (κ2) is 9.54. The highest BCUT2D eigenvalue weighted by molar-refractivity contribution is 7.80. The summed E-state index contributed by atoms with van der Waals surface area (Å²) in [6, 6.07) is 3.70. The highest BCUT2D eigenvalue weighted by Crippen LogP contribution is 2.39. The Bertz CT molecular complexity index is 652. The molecule has 0 amide bonds. The van der Waals surface area contributed by atoms with Crippen LogP contribution in [0.25, 0.3) is 0 Å². The van der Waals surface area contributed by atoms with E-state index in [-0.39, 0.29) is 0 Å². The Morgan fingerprint density at radius 3 is 2.70 bits per heavy atom. The van der Waals surface area contributed by atoms with Gasteiger partial charge >= 0.3 is 0 Å². The number of fused-ring (bicyclic) bond motifs is 1. The average Bonchev–Trinajstić information content (AvgIpc) is 2.70. The largest absolute Gasteiger partial charge is 0.496 e. The number of hydrogen-bond donors (Lipinski definition) is 3. The zero-order valence-electron chi connectivity index (χ0n) is 16.1. The lowest BCUT2D eigenvalue weighted by Gasteiger charge is -2.35. The van der Waals surface area contributed by atoms with Gasteiger partial charge in [-0.3, -0.25) is 0 Å². The van der Waals surface area contributed by atoms with E-state index in [0.717, 1.165) is 62.7 Å². The molecule has 8 heteroatoms. The van der Waals surface area contributed by atoms with Crippen molar-refractivity contribution < 1.29 is 24.2 Å². The summed E-state index contributed by atoms with van der Waals surface area (Å²) in [6.07, 6.45) is 0.385. The predicted molar refractivity (Wildman–Crippen MR) is 107 cm³/mol. The van der Waals surface area contributed by atoms with Gasteiger partial charge in [-0.05, 0) is 24.4 Å². The molecule has 0 spiro atoms. The van der Waals surface area contributed by atoms with Gasteiger partial charge in [0.25, 0.3) is 0 Å². The van der Waals surface area contributed by atoms with Crippen molar-refractivity contribution in [2.24, 2.45) is 0 Å². The number of morpholine rings is 1. The third-order valence-electron chi connectivity index (χ3n) is 5.26. The summed E-state index contributed by atoms with van der Waals surface area (Å²) in [5, 5.41) is 14.7. The van der Waals surface area contributed by atoms with Crippen LogP contribution in [0.4, 0.5) is 0 Å². The lowest BCUT2D eigenvalue weighted by molar-refractivity contribution is -0.908. The van der Waals surface area contributed by atoms with Crippen molar-refractivity contribution >= 4 is 17.3 Å². The molecule has 1 saturated heterocycles. The first kappa shape index (κ1) is 20.1. The molecule has 2 aliphatic heterocycles. The van der Waals surface area contributed by atoms with E-state index in [1.54, 1.807) is 19.1 Å². The van der Waals surface area contributed by atoms with Crippen LogP contribution in [0.15, 0.2) is 12.1 Å². The smallest absolute Gasteiger partial charge is 0.169 e. The van der Waals surface area contributed by atoms with Crippen LogP contribution < -0.4 is 19.7 Å². The summed E-state index contributed by atoms with van der Waals surface area (Å²) in [6.45, 7) is 6.87. The number of thiocarbonyl (C=S) groups is 1. The zero-order valence-corrected chi connectivity index (χ0v) is 16.9. The van der Waals surface area contributed by atoms with Gasteiger partial charge < -0.3 is 34.4 Å². The van der Waals surface area contributed by atoms with Gasteiger partial charge in [-0.1, -0.05) is 0 Å². The molecule has 3 rings (SSSR count). The lowest BCUT2D eigenvalue weighted by atomic mass is 9.95. The van der Waals surface area contributed by atoms with E-state index in [4.69, 9.17) is 26.4 Å². The van der Waals surface area contributed by atoms with Crippen LogP contribution >= 0.6 is 12.2 Å². The standard InChI is InChI=1S/C19H29N3O4S/c1-24-16-4-5-17(25-2)18-14(16)12-22(13-15(18)23)19(27)20-6-3-7-21-8-10-26-11-9-21/h4-5,15,23H,3,6-13H2,1-2H3,(H,20,27)/p+1/t15-/m0/s1. The predicted octanol–water partition coefficient (Wildman–Crippen LogP) is -0.267. The second-order valence-electron chi connectivity index (χ2n) is 6.96. The van der Waals surface area contributed by atoms with Crippen LogP contribution in [0.2, 0.25) is 0 Å². The minimum Gasteiger partial charge on any atom is -0.496 e. The Balaban J connectivity index is 1.56. The van der Waals surface area contributed by atoms with Gasteiger partial charge in [-0.25, -0.2) is 0 Å². The van der Waals surface area contributed by atoms with Gasteiger partial charge in [0.05, 0.1) is 40.5 Å². The van der Waals surface area contributed by atoms with Crippen molar-refractivity contribution in [1.82, 2.24) is 10.2 Å². The Hall–Kier alpha value is -1.61. The molecule has 1 aromatic rings. The molecule has 150 valence electrons. The fourth-order valence-corrected chi connectivity index (χ4v) is 4.03. The molecule has 2 heterocycles. The maximum Gasteiger partial charge on any atom is 0.169 e. The molecule has 1 fully saturated rings. The number of nitrogens with zero attached hydrogens (tertiary/aromatic N) is 1. The summed E-state index contributed by atoms with van der Waals surface area (Å²) in [7, 11) is 3.25. The van der Waals surface area contributed by atoms with Gasteiger partial charge in [0.2, 0.25) is 0 Å². The topological polar surface area (TPSA) is 67.6 Å². The summed E-state index contributed by atoms with van der Waals surface area (Å²) < 4.78 is 16.3. The number of hydrogen-bond acceptors (Lipinski definition) is 5. The number of nitrogens with one attached hydrogen (secondary N) is 2. The molecule has 0 saturated carbocycles. The van der Waals surface area contributed by atoms with Crippen LogP contribution in [0, 0.1) is 0 Å². The Kier molecular flexibility index (Phi) is 7.12. The van der Waals surface area contributed by atoms with Crippen LogP contribution in [-0.2, 0) is 11.3 Å². The summed E-state index contributed by atoms with van der Waals surface area (Å²) >= 11 is 5.57. The van der Waals surface area contributed by atoms with Crippen molar-refractivity contribution in [3.05, 3.63) is 23.3 Å². The Labute approximate surface area is 166 Å². The van der Waals surface area contributed by atoms with Gasteiger partial charge in [-0.15, -0.1) is 0 Å². The highest BCUT2D eigenvalue weighted by Gasteiger charge is 2.30. The molecular formula is C19H30N3O4S+. The molecular weight excluding hydrogens is 366 g/mol. The minimum absolute atomic E-state index is 0.442. The van der Waals surface area contributed by atoms with E-state index in [1.807, 2.05) is 17.0 Å². The molecule has 0 radical (unpaired) electrons. The molecule has 3 N–H and O–H groups in total. The third-order valence-corrected chi connectivity index (χ3v) is 5.66. The number of rotatable bonds is 6. The van der Waals surface area contributed by atoms with Gasteiger partial charge in [0, 0.05) is 30.6 Å². The van der Waals surface area contributed by atoms with E-state index in [2.05, 4.69) is 5.32 Å². The van der Waals surface area contributed by atoms with Gasteiger partial charge in [-0.2, -0.15) is 0 Å². The Morgan fingerprint density at radius 2 is 2.00 bits per heavy atom. The number of ether oxygens (including phenoxy) is 3. The van der Waals surface area contributed by atoms with E-state index in [9.17, 15) is 5.11 Å². The normalized spacial score (nSPS) is 20.1. The molecule has 0 bridgehead atoms. The first-order chi connectivity index (χ1) is 13.1.